The molecule has 0 amide bonds. The van der Waals surface area contributed by atoms with Crippen LogP contribution in [0.15, 0.2) is 24.4 Å². The fourth-order valence-corrected chi connectivity index (χ4v) is 2.01. The molecular weight excluding hydrogens is 247 g/mol. The van der Waals surface area contributed by atoms with Gasteiger partial charge in [-0.2, -0.15) is 0 Å². The van der Waals surface area contributed by atoms with Crippen LogP contribution in [0.4, 0.5) is 4.39 Å². The maximum Gasteiger partial charge on any atom is 0.131 e. The van der Waals surface area contributed by atoms with Crippen molar-refractivity contribution in [1.82, 2.24) is 24.5 Å². The van der Waals surface area contributed by atoms with Crippen LogP contribution < -0.4 is 5.73 Å². The van der Waals surface area contributed by atoms with Gasteiger partial charge in [0.2, 0.25) is 0 Å². The zero-order chi connectivity index (χ0) is 13.4. The summed E-state index contributed by atoms with van der Waals surface area (Å²) in [6.45, 7) is 0.827. The van der Waals surface area contributed by atoms with Crippen LogP contribution in [0.3, 0.4) is 0 Å². The molecule has 19 heavy (non-hydrogen) atoms. The van der Waals surface area contributed by atoms with Crippen molar-refractivity contribution in [2.45, 2.75) is 13.1 Å². The topological polar surface area (TPSA) is 74.5 Å². The summed E-state index contributed by atoms with van der Waals surface area (Å²) in [5.74, 6) is 0.516. The molecule has 0 radical (unpaired) electrons. The molecule has 0 aliphatic carbocycles. The lowest BCUT2D eigenvalue weighted by molar-refractivity contribution is 0.609. The van der Waals surface area contributed by atoms with E-state index in [2.05, 4.69) is 15.3 Å². The number of hydrogen-bond acceptors (Lipinski definition) is 4. The second kappa shape index (κ2) is 4.43. The average Bonchev–Trinajstić information content (AvgIpc) is 2.97. The van der Waals surface area contributed by atoms with Crippen molar-refractivity contribution in [3.8, 4) is 0 Å². The number of aryl methyl sites for hydroxylation is 1. The quantitative estimate of drug-likeness (QED) is 0.756. The number of nitrogens with two attached hydrogens (primary N) is 1. The molecule has 0 aliphatic rings. The Hall–Kier alpha value is -2.28. The van der Waals surface area contributed by atoms with Gasteiger partial charge in [0.1, 0.15) is 18.2 Å². The summed E-state index contributed by atoms with van der Waals surface area (Å²) in [6, 6.07) is 4.54. The summed E-state index contributed by atoms with van der Waals surface area (Å²) < 4.78 is 16.7. The molecule has 0 aliphatic heterocycles. The molecule has 0 saturated carbocycles. The van der Waals surface area contributed by atoms with Crippen molar-refractivity contribution in [2.75, 3.05) is 0 Å². The van der Waals surface area contributed by atoms with Gasteiger partial charge in [-0.1, -0.05) is 5.21 Å². The average molecular weight is 260 g/mol. The Labute approximate surface area is 108 Å². The molecule has 2 aromatic heterocycles. The van der Waals surface area contributed by atoms with Crippen LogP contribution in [0.5, 0.6) is 0 Å². The van der Waals surface area contributed by atoms with Crippen molar-refractivity contribution in [3.05, 3.63) is 41.7 Å². The van der Waals surface area contributed by atoms with Crippen molar-refractivity contribution >= 4 is 11.0 Å². The molecule has 3 aromatic rings. The van der Waals surface area contributed by atoms with E-state index in [0.29, 0.717) is 13.1 Å². The molecule has 7 heteroatoms. The van der Waals surface area contributed by atoms with E-state index in [1.807, 2.05) is 11.6 Å². The summed E-state index contributed by atoms with van der Waals surface area (Å²) in [4.78, 5) is 4.46. The number of hydrogen-bond donors (Lipinski definition) is 1. The van der Waals surface area contributed by atoms with Crippen molar-refractivity contribution < 1.29 is 4.39 Å². The minimum Gasteiger partial charge on any atom is -0.329 e. The molecule has 0 unspecified atom stereocenters. The van der Waals surface area contributed by atoms with Gasteiger partial charge in [0.15, 0.2) is 0 Å². The van der Waals surface area contributed by atoms with Crippen molar-refractivity contribution in [1.29, 1.82) is 0 Å². The SMILES string of the molecule is Cn1c(Cn2cc(CN)nn2)nc2ccc(F)cc21. The van der Waals surface area contributed by atoms with Crippen LogP contribution in [0.1, 0.15) is 11.5 Å². The summed E-state index contributed by atoms with van der Waals surface area (Å²) in [5.41, 5.74) is 7.73. The first-order chi connectivity index (χ1) is 9.17. The Morgan fingerprint density at radius 1 is 1.37 bits per heavy atom. The van der Waals surface area contributed by atoms with E-state index < -0.39 is 0 Å². The molecule has 6 nitrogen and oxygen atoms in total. The third kappa shape index (κ3) is 2.08. The van der Waals surface area contributed by atoms with Gasteiger partial charge in [-0.3, -0.25) is 0 Å². The lowest BCUT2D eigenvalue weighted by Gasteiger charge is -2.01. The van der Waals surface area contributed by atoms with Gasteiger partial charge in [0.05, 0.1) is 22.9 Å². The summed E-state index contributed by atoms with van der Waals surface area (Å²) in [7, 11) is 1.85. The Morgan fingerprint density at radius 3 is 2.95 bits per heavy atom. The standard InChI is InChI=1S/C12H13FN6/c1-18-11-4-8(13)2-3-10(11)15-12(18)7-19-6-9(5-14)16-17-19/h2-4,6H,5,7,14H2,1H3. The van der Waals surface area contributed by atoms with Crippen LogP contribution >= 0.6 is 0 Å². The Kier molecular flexibility index (Phi) is 2.75. The number of benzene rings is 1. The van der Waals surface area contributed by atoms with Gasteiger partial charge >= 0.3 is 0 Å². The van der Waals surface area contributed by atoms with Gasteiger partial charge in [0.25, 0.3) is 0 Å². The molecule has 3 rings (SSSR count). The van der Waals surface area contributed by atoms with Crippen LogP contribution in [0, 0.1) is 5.82 Å². The molecule has 0 bridgehead atoms. The monoisotopic (exact) mass is 260 g/mol. The molecule has 0 atom stereocenters. The van der Waals surface area contributed by atoms with E-state index in [1.54, 1.807) is 16.9 Å². The Morgan fingerprint density at radius 2 is 2.21 bits per heavy atom. The second-order valence-electron chi connectivity index (χ2n) is 4.33. The predicted molar refractivity (Wildman–Crippen MR) is 67.7 cm³/mol. The van der Waals surface area contributed by atoms with E-state index in [1.165, 1.54) is 12.1 Å². The Balaban J connectivity index is 1.98. The highest BCUT2D eigenvalue weighted by molar-refractivity contribution is 5.75. The fraction of sp³-hybridized carbons (Fsp3) is 0.250. The maximum atomic E-state index is 13.2. The van der Waals surface area contributed by atoms with E-state index >= 15 is 0 Å². The van der Waals surface area contributed by atoms with Gasteiger partial charge in [0, 0.05) is 13.6 Å². The van der Waals surface area contributed by atoms with Crippen LogP contribution in [-0.2, 0) is 20.1 Å². The van der Waals surface area contributed by atoms with Gasteiger partial charge in [-0.15, -0.1) is 5.10 Å². The van der Waals surface area contributed by atoms with Crippen molar-refractivity contribution in [3.63, 3.8) is 0 Å². The predicted octanol–water partition coefficient (Wildman–Crippen LogP) is 0.811. The molecule has 98 valence electrons. The third-order valence-corrected chi connectivity index (χ3v) is 3.03. The lowest BCUT2D eigenvalue weighted by atomic mass is 10.3. The minimum absolute atomic E-state index is 0.270. The third-order valence-electron chi connectivity index (χ3n) is 3.03. The normalized spacial score (nSPS) is 11.3. The number of aromatic nitrogens is 5. The number of fused-ring (bicyclic) bond motifs is 1. The number of rotatable bonds is 3. The molecule has 2 N–H and O–H groups in total. The van der Waals surface area contributed by atoms with Crippen molar-refractivity contribution in [2.24, 2.45) is 12.8 Å². The molecule has 0 saturated heterocycles. The van der Waals surface area contributed by atoms with Gasteiger partial charge < -0.3 is 10.3 Å². The van der Waals surface area contributed by atoms with Crippen LogP contribution in [0.2, 0.25) is 0 Å². The first-order valence-corrected chi connectivity index (χ1v) is 5.87. The molecule has 0 spiro atoms. The second-order valence-corrected chi connectivity index (χ2v) is 4.33. The maximum absolute atomic E-state index is 13.2. The zero-order valence-corrected chi connectivity index (χ0v) is 10.4. The largest absolute Gasteiger partial charge is 0.329 e. The number of imidazole rings is 1. The van der Waals surface area contributed by atoms with Crippen LogP contribution in [-0.4, -0.2) is 24.5 Å². The first kappa shape index (κ1) is 11.8. The molecule has 1 aromatic carbocycles. The summed E-state index contributed by atoms with van der Waals surface area (Å²) in [5, 5.41) is 7.89. The van der Waals surface area contributed by atoms with Gasteiger partial charge in [-0.05, 0) is 18.2 Å². The van der Waals surface area contributed by atoms with E-state index in [-0.39, 0.29) is 5.82 Å². The summed E-state index contributed by atoms with van der Waals surface area (Å²) in [6.07, 6.45) is 1.78. The smallest absolute Gasteiger partial charge is 0.131 e. The highest BCUT2D eigenvalue weighted by atomic mass is 19.1. The lowest BCUT2D eigenvalue weighted by Crippen LogP contribution is -2.06. The highest BCUT2D eigenvalue weighted by Gasteiger charge is 2.10. The number of nitrogens with zero attached hydrogens (tertiary/aromatic N) is 5. The molecular formula is C12H13FN6. The first-order valence-electron chi connectivity index (χ1n) is 5.87. The zero-order valence-electron chi connectivity index (χ0n) is 10.4. The van der Waals surface area contributed by atoms with E-state index in [4.69, 9.17) is 5.73 Å². The number of halogens is 1. The minimum atomic E-state index is -0.270. The molecule has 2 heterocycles. The highest BCUT2D eigenvalue weighted by Crippen LogP contribution is 2.16. The Bertz CT molecular complexity index is 729. The van der Waals surface area contributed by atoms with E-state index in [0.717, 1.165) is 22.6 Å². The van der Waals surface area contributed by atoms with Gasteiger partial charge in [-0.25, -0.2) is 14.1 Å². The van der Waals surface area contributed by atoms with E-state index in [9.17, 15) is 4.39 Å². The summed E-state index contributed by atoms with van der Waals surface area (Å²) >= 11 is 0. The fourth-order valence-electron chi connectivity index (χ4n) is 2.01. The van der Waals surface area contributed by atoms with Crippen LogP contribution in [0.25, 0.3) is 11.0 Å². The molecule has 0 fully saturated rings.